The maximum atomic E-state index is 12.6. The van der Waals surface area contributed by atoms with E-state index in [1.165, 1.54) is 12.8 Å². The number of carbonyl (C=O) groups is 1. The van der Waals surface area contributed by atoms with Crippen molar-refractivity contribution in [2.75, 3.05) is 19.6 Å². The number of nitrogens with zero attached hydrogens (tertiary/aromatic N) is 1. The van der Waals surface area contributed by atoms with Gasteiger partial charge in [-0.3, -0.25) is 4.79 Å². The topological polar surface area (TPSA) is 32.3 Å². The van der Waals surface area contributed by atoms with Crippen molar-refractivity contribution in [3.05, 3.63) is 70.2 Å². The molecule has 1 aliphatic heterocycles. The molecule has 1 N–H and O–H groups in total. The van der Waals surface area contributed by atoms with Gasteiger partial charge in [-0.05, 0) is 49.7 Å². The lowest BCUT2D eigenvalue weighted by Gasteiger charge is -2.25. The molecule has 2 aromatic rings. The number of hydrogen-bond acceptors (Lipinski definition) is 2. The highest BCUT2D eigenvalue weighted by atomic mass is 79.9. The fourth-order valence-electron chi connectivity index (χ4n) is 3.01. The van der Waals surface area contributed by atoms with E-state index in [1.54, 1.807) is 0 Å². The van der Waals surface area contributed by atoms with E-state index < -0.39 is 0 Å². The molecule has 0 radical (unpaired) electrons. The molecule has 2 aromatic carbocycles. The number of amides is 1. The zero-order valence-electron chi connectivity index (χ0n) is 13.0. The van der Waals surface area contributed by atoms with Gasteiger partial charge < -0.3 is 10.2 Å². The highest BCUT2D eigenvalue weighted by Crippen LogP contribution is 2.19. The molecule has 0 saturated carbocycles. The molecule has 1 fully saturated rings. The van der Waals surface area contributed by atoms with Gasteiger partial charge in [0, 0.05) is 16.6 Å². The van der Waals surface area contributed by atoms with Crippen LogP contribution in [0.3, 0.4) is 0 Å². The Bertz CT molecular complexity index is 653. The number of hydrogen-bond donors (Lipinski definition) is 1. The average molecular weight is 373 g/mol. The lowest BCUT2D eigenvalue weighted by Crippen LogP contribution is -2.37. The van der Waals surface area contributed by atoms with Crippen LogP contribution in [0.4, 0.5) is 0 Å². The molecular weight excluding hydrogens is 352 g/mol. The Balaban J connectivity index is 1.76. The van der Waals surface area contributed by atoms with Crippen LogP contribution in [-0.2, 0) is 0 Å². The highest BCUT2D eigenvalue weighted by molar-refractivity contribution is 9.10. The Labute approximate surface area is 145 Å². The molecule has 0 spiro atoms. The van der Waals surface area contributed by atoms with Crippen LogP contribution in [0.5, 0.6) is 0 Å². The number of likely N-dealkylation sites (tertiary alicyclic amines) is 1. The third-order valence-electron chi connectivity index (χ3n) is 4.23. The first kappa shape index (κ1) is 16.2. The zero-order chi connectivity index (χ0) is 16.1. The van der Waals surface area contributed by atoms with Crippen LogP contribution in [0.15, 0.2) is 59.1 Å². The maximum Gasteiger partial charge on any atom is 0.251 e. The molecule has 120 valence electrons. The van der Waals surface area contributed by atoms with Gasteiger partial charge in [0.25, 0.3) is 5.91 Å². The van der Waals surface area contributed by atoms with Crippen molar-refractivity contribution in [3.63, 3.8) is 0 Å². The lowest BCUT2D eigenvalue weighted by molar-refractivity contribution is 0.0927. The molecule has 1 amide bonds. The molecule has 1 heterocycles. The van der Waals surface area contributed by atoms with Crippen molar-refractivity contribution in [1.82, 2.24) is 10.2 Å². The molecular formula is C19H21BrN2O. The van der Waals surface area contributed by atoms with Crippen molar-refractivity contribution >= 4 is 21.8 Å². The summed E-state index contributed by atoms with van der Waals surface area (Å²) in [6.07, 6.45) is 2.50. The van der Waals surface area contributed by atoms with E-state index in [2.05, 4.69) is 38.3 Å². The first-order valence-electron chi connectivity index (χ1n) is 8.06. The minimum Gasteiger partial charge on any atom is -0.344 e. The highest BCUT2D eigenvalue weighted by Gasteiger charge is 2.21. The largest absolute Gasteiger partial charge is 0.344 e. The van der Waals surface area contributed by atoms with Crippen molar-refractivity contribution < 1.29 is 4.79 Å². The van der Waals surface area contributed by atoms with Gasteiger partial charge in [-0.2, -0.15) is 0 Å². The van der Waals surface area contributed by atoms with Gasteiger partial charge in [0.15, 0.2) is 0 Å². The number of rotatable bonds is 5. The van der Waals surface area contributed by atoms with E-state index >= 15 is 0 Å². The molecule has 1 saturated heterocycles. The van der Waals surface area contributed by atoms with E-state index in [1.807, 2.05) is 42.5 Å². The first-order chi connectivity index (χ1) is 11.2. The number of halogens is 1. The Kier molecular flexibility index (Phi) is 5.47. The molecule has 1 unspecified atom stereocenters. The van der Waals surface area contributed by atoms with E-state index in [0.717, 1.165) is 29.7 Å². The van der Waals surface area contributed by atoms with E-state index in [0.29, 0.717) is 5.56 Å². The summed E-state index contributed by atoms with van der Waals surface area (Å²) in [5.74, 6) is -0.0284. The Hall–Kier alpha value is -1.65. The Morgan fingerprint density at radius 2 is 1.83 bits per heavy atom. The second-order valence-corrected chi connectivity index (χ2v) is 6.87. The standard InChI is InChI=1S/C19H21BrN2O/c20-17-10-6-9-16(13-17)19(23)21-18(14-22-11-4-5-12-22)15-7-2-1-3-8-15/h1-3,6-10,13,18H,4-5,11-12,14H2,(H,21,23). The summed E-state index contributed by atoms with van der Waals surface area (Å²) in [5, 5.41) is 3.20. The van der Waals surface area contributed by atoms with E-state index in [9.17, 15) is 4.79 Å². The van der Waals surface area contributed by atoms with Crippen LogP contribution in [0.1, 0.15) is 34.8 Å². The zero-order valence-corrected chi connectivity index (χ0v) is 14.6. The van der Waals surface area contributed by atoms with Gasteiger partial charge in [-0.15, -0.1) is 0 Å². The number of nitrogens with one attached hydrogen (secondary N) is 1. The minimum atomic E-state index is -0.0284. The van der Waals surface area contributed by atoms with Crippen LogP contribution >= 0.6 is 15.9 Å². The van der Waals surface area contributed by atoms with Gasteiger partial charge >= 0.3 is 0 Å². The van der Waals surface area contributed by atoms with E-state index in [4.69, 9.17) is 0 Å². The van der Waals surface area contributed by atoms with Crippen LogP contribution < -0.4 is 5.32 Å². The monoisotopic (exact) mass is 372 g/mol. The Morgan fingerprint density at radius 1 is 1.09 bits per heavy atom. The first-order valence-corrected chi connectivity index (χ1v) is 8.85. The summed E-state index contributed by atoms with van der Waals surface area (Å²) in [6.45, 7) is 3.11. The predicted octanol–water partition coefficient (Wildman–Crippen LogP) is 4.02. The summed E-state index contributed by atoms with van der Waals surface area (Å²) in [5.41, 5.74) is 1.84. The van der Waals surface area contributed by atoms with Gasteiger partial charge in [0.2, 0.25) is 0 Å². The summed E-state index contributed by atoms with van der Waals surface area (Å²) in [6, 6.07) is 17.8. The van der Waals surface area contributed by atoms with Crippen molar-refractivity contribution in [2.24, 2.45) is 0 Å². The predicted molar refractivity (Wildman–Crippen MR) is 96.5 cm³/mol. The fraction of sp³-hybridized carbons (Fsp3) is 0.316. The molecule has 0 aromatic heterocycles. The lowest BCUT2D eigenvalue weighted by atomic mass is 10.1. The second kappa shape index (κ2) is 7.75. The third kappa shape index (κ3) is 4.43. The number of benzene rings is 2. The summed E-state index contributed by atoms with van der Waals surface area (Å²) < 4.78 is 0.918. The summed E-state index contributed by atoms with van der Waals surface area (Å²) in [7, 11) is 0. The van der Waals surface area contributed by atoms with Crippen LogP contribution in [0.25, 0.3) is 0 Å². The minimum absolute atomic E-state index is 0.0146. The van der Waals surface area contributed by atoms with Crippen LogP contribution in [-0.4, -0.2) is 30.4 Å². The molecule has 3 nitrogen and oxygen atoms in total. The molecule has 0 aliphatic carbocycles. The van der Waals surface area contributed by atoms with Gasteiger partial charge in [-0.25, -0.2) is 0 Å². The molecule has 1 atom stereocenters. The molecule has 23 heavy (non-hydrogen) atoms. The molecule has 1 aliphatic rings. The van der Waals surface area contributed by atoms with Crippen LogP contribution in [0.2, 0.25) is 0 Å². The van der Waals surface area contributed by atoms with Gasteiger partial charge in [0.05, 0.1) is 6.04 Å². The Morgan fingerprint density at radius 3 is 2.52 bits per heavy atom. The van der Waals surface area contributed by atoms with Gasteiger partial charge in [0.1, 0.15) is 0 Å². The third-order valence-corrected chi connectivity index (χ3v) is 4.73. The smallest absolute Gasteiger partial charge is 0.251 e. The van der Waals surface area contributed by atoms with Crippen molar-refractivity contribution in [3.8, 4) is 0 Å². The van der Waals surface area contributed by atoms with Crippen LogP contribution in [0, 0.1) is 0 Å². The molecule has 4 heteroatoms. The molecule has 3 rings (SSSR count). The quantitative estimate of drug-likeness (QED) is 0.859. The van der Waals surface area contributed by atoms with Gasteiger partial charge in [-0.1, -0.05) is 52.3 Å². The van der Waals surface area contributed by atoms with E-state index in [-0.39, 0.29) is 11.9 Å². The number of carbonyl (C=O) groups excluding carboxylic acids is 1. The van der Waals surface area contributed by atoms with Crippen molar-refractivity contribution in [1.29, 1.82) is 0 Å². The second-order valence-electron chi connectivity index (χ2n) is 5.95. The normalized spacial score (nSPS) is 16.2. The maximum absolute atomic E-state index is 12.6. The van der Waals surface area contributed by atoms with Crippen molar-refractivity contribution in [2.45, 2.75) is 18.9 Å². The fourth-order valence-corrected chi connectivity index (χ4v) is 3.41. The summed E-state index contributed by atoms with van der Waals surface area (Å²) in [4.78, 5) is 15.0. The SMILES string of the molecule is O=C(NC(CN1CCCC1)c1ccccc1)c1cccc(Br)c1. The summed E-state index contributed by atoms with van der Waals surface area (Å²) >= 11 is 3.42. The molecule has 0 bridgehead atoms. The average Bonchev–Trinajstić information content (AvgIpc) is 3.08.